The molecule has 0 spiro atoms. The van der Waals surface area contributed by atoms with E-state index in [1.54, 1.807) is 0 Å². The average molecular weight is 313 g/mol. The molecule has 1 heterocycles. The van der Waals surface area contributed by atoms with E-state index in [9.17, 15) is 0 Å². The maximum Gasteiger partial charge on any atom is 0.130 e. The molecule has 0 amide bonds. The molecule has 0 aliphatic carbocycles. The predicted molar refractivity (Wildman–Crippen MR) is 73.2 cm³/mol. The van der Waals surface area contributed by atoms with Crippen molar-refractivity contribution in [3.63, 3.8) is 0 Å². The van der Waals surface area contributed by atoms with Crippen molar-refractivity contribution in [3.05, 3.63) is 51.8 Å². The first-order valence-corrected chi connectivity index (χ1v) is 6.32. The molecule has 0 saturated heterocycles. The molecule has 5 heteroatoms. The van der Waals surface area contributed by atoms with Gasteiger partial charge in [-0.25, -0.2) is 9.97 Å². The van der Waals surface area contributed by atoms with Crippen LogP contribution < -0.4 is 5.32 Å². The summed E-state index contributed by atoms with van der Waals surface area (Å²) < 4.78 is 0.758. The van der Waals surface area contributed by atoms with Crippen molar-refractivity contribution in [2.24, 2.45) is 0 Å². The maximum absolute atomic E-state index is 5.96. The summed E-state index contributed by atoms with van der Waals surface area (Å²) in [6, 6.07) is 9.73. The van der Waals surface area contributed by atoms with Crippen LogP contribution in [-0.2, 0) is 0 Å². The number of anilines is 1. The fourth-order valence-corrected chi connectivity index (χ4v) is 2.00. The van der Waals surface area contributed by atoms with Crippen molar-refractivity contribution in [1.29, 1.82) is 0 Å². The van der Waals surface area contributed by atoms with Gasteiger partial charge in [0.15, 0.2) is 0 Å². The standard InChI is InChI=1S/C12H11BrClN3/c1-8(9-3-2-4-10(14)5-9)17-12-6-11(13)15-7-16-12/h2-8H,1H3,(H,15,16,17). The molecule has 1 N–H and O–H groups in total. The first kappa shape index (κ1) is 12.3. The van der Waals surface area contributed by atoms with E-state index in [2.05, 4.69) is 38.1 Å². The van der Waals surface area contributed by atoms with Crippen LogP contribution in [0.4, 0.5) is 5.82 Å². The van der Waals surface area contributed by atoms with Crippen LogP contribution in [0.1, 0.15) is 18.5 Å². The molecule has 0 radical (unpaired) electrons. The van der Waals surface area contributed by atoms with Gasteiger partial charge in [-0.1, -0.05) is 23.7 Å². The summed E-state index contributed by atoms with van der Waals surface area (Å²) in [5.41, 5.74) is 1.12. The number of benzene rings is 1. The van der Waals surface area contributed by atoms with Crippen LogP contribution in [0.25, 0.3) is 0 Å². The molecule has 0 bridgehead atoms. The lowest BCUT2D eigenvalue weighted by molar-refractivity contribution is 0.871. The smallest absolute Gasteiger partial charge is 0.130 e. The zero-order valence-electron chi connectivity index (χ0n) is 9.19. The van der Waals surface area contributed by atoms with Crippen molar-refractivity contribution in [2.45, 2.75) is 13.0 Å². The van der Waals surface area contributed by atoms with Gasteiger partial charge in [0.05, 0.1) is 0 Å². The molecule has 0 saturated carbocycles. The topological polar surface area (TPSA) is 37.8 Å². The minimum atomic E-state index is 0.135. The second-order valence-electron chi connectivity index (χ2n) is 3.65. The first-order chi connectivity index (χ1) is 8.15. The Balaban J connectivity index is 2.14. The highest BCUT2D eigenvalue weighted by Gasteiger charge is 2.06. The third kappa shape index (κ3) is 3.41. The van der Waals surface area contributed by atoms with E-state index in [0.29, 0.717) is 0 Å². The lowest BCUT2D eigenvalue weighted by Crippen LogP contribution is -2.07. The average Bonchev–Trinajstić information content (AvgIpc) is 2.29. The quantitative estimate of drug-likeness (QED) is 0.868. The second-order valence-corrected chi connectivity index (χ2v) is 4.90. The number of rotatable bonds is 3. The Labute approximate surface area is 113 Å². The zero-order chi connectivity index (χ0) is 12.3. The second kappa shape index (κ2) is 5.47. The molecule has 17 heavy (non-hydrogen) atoms. The fourth-order valence-electron chi connectivity index (χ4n) is 1.49. The van der Waals surface area contributed by atoms with Crippen molar-refractivity contribution in [3.8, 4) is 0 Å². The molecule has 2 rings (SSSR count). The van der Waals surface area contributed by atoms with Crippen LogP contribution in [0.2, 0.25) is 5.02 Å². The zero-order valence-corrected chi connectivity index (χ0v) is 11.5. The number of hydrogen-bond donors (Lipinski definition) is 1. The Morgan fingerprint density at radius 2 is 2.12 bits per heavy atom. The highest BCUT2D eigenvalue weighted by atomic mass is 79.9. The summed E-state index contributed by atoms with van der Waals surface area (Å²) in [5.74, 6) is 0.777. The van der Waals surface area contributed by atoms with E-state index in [0.717, 1.165) is 21.0 Å². The van der Waals surface area contributed by atoms with Crippen LogP contribution in [0.3, 0.4) is 0 Å². The summed E-state index contributed by atoms with van der Waals surface area (Å²) in [6.07, 6.45) is 1.51. The summed E-state index contributed by atoms with van der Waals surface area (Å²) in [6.45, 7) is 2.06. The van der Waals surface area contributed by atoms with Crippen molar-refractivity contribution < 1.29 is 0 Å². The fraction of sp³-hybridized carbons (Fsp3) is 0.167. The molecule has 1 unspecified atom stereocenters. The van der Waals surface area contributed by atoms with Gasteiger partial charge in [-0.05, 0) is 40.5 Å². The number of halogens is 2. The van der Waals surface area contributed by atoms with Gasteiger partial charge in [0.25, 0.3) is 0 Å². The Morgan fingerprint density at radius 1 is 1.29 bits per heavy atom. The number of aromatic nitrogens is 2. The van der Waals surface area contributed by atoms with Gasteiger partial charge in [-0.2, -0.15) is 0 Å². The highest BCUT2D eigenvalue weighted by Crippen LogP contribution is 2.21. The largest absolute Gasteiger partial charge is 0.363 e. The number of hydrogen-bond acceptors (Lipinski definition) is 3. The molecule has 0 fully saturated rings. The third-order valence-corrected chi connectivity index (χ3v) is 3.02. The Hall–Kier alpha value is -1.13. The van der Waals surface area contributed by atoms with Gasteiger partial charge < -0.3 is 5.32 Å². The van der Waals surface area contributed by atoms with Crippen LogP contribution in [0.15, 0.2) is 41.3 Å². The lowest BCUT2D eigenvalue weighted by atomic mass is 10.1. The predicted octanol–water partition coefficient (Wildman–Crippen LogP) is 4.07. The molecular weight excluding hydrogens is 302 g/mol. The summed E-state index contributed by atoms with van der Waals surface area (Å²) in [7, 11) is 0. The van der Waals surface area contributed by atoms with E-state index in [1.807, 2.05) is 30.3 Å². The summed E-state index contributed by atoms with van der Waals surface area (Å²) in [5, 5.41) is 4.02. The SMILES string of the molecule is CC(Nc1cc(Br)ncn1)c1cccc(Cl)c1. The van der Waals surface area contributed by atoms with Crippen molar-refractivity contribution in [2.75, 3.05) is 5.32 Å². The van der Waals surface area contributed by atoms with Crippen LogP contribution in [-0.4, -0.2) is 9.97 Å². The summed E-state index contributed by atoms with van der Waals surface area (Å²) in [4.78, 5) is 8.12. The van der Waals surface area contributed by atoms with E-state index < -0.39 is 0 Å². The van der Waals surface area contributed by atoms with Crippen molar-refractivity contribution >= 4 is 33.3 Å². The molecule has 1 atom stereocenters. The van der Waals surface area contributed by atoms with Gasteiger partial charge in [0, 0.05) is 17.1 Å². The van der Waals surface area contributed by atoms with E-state index in [-0.39, 0.29) is 6.04 Å². The molecular formula is C12H11BrClN3. The van der Waals surface area contributed by atoms with Gasteiger partial charge in [0.2, 0.25) is 0 Å². The van der Waals surface area contributed by atoms with Crippen LogP contribution in [0.5, 0.6) is 0 Å². The molecule has 0 aliphatic rings. The van der Waals surface area contributed by atoms with Crippen molar-refractivity contribution in [1.82, 2.24) is 9.97 Å². The normalized spacial score (nSPS) is 12.2. The Bertz CT molecular complexity index is 519. The molecule has 1 aromatic carbocycles. The lowest BCUT2D eigenvalue weighted by Gasteiger charge is -2.15. The molecule has 0 aliphatic heterocycles. The van der Waals surface area contributed by atoms with Gasteiger partial charge in [-0.15, -0.1) is 0 Å². The minimum absolute atomic E-state index is 0.135. The highest BCUT2D eigenvalue weighted by molar-refractivity contribution is 9.10. The molecule has 1 aromatic heterocycles. The molecule has 2 aromatic rings. The maximum atomic E-state index is 5.96. The third-order valence-electron chi connectivity index (χ3n) is 2.35. The van der Waals surface area contributed by atoms with E-state index in [4.69, 9.17) is 11.6 Å². The molecule has 88 valence electrons. The minimum Gasteiger partial charge on any atom is -0.363 e. The Morgan fingerprint density at radius 3 is 2.82 bits per heavy atom. The van der Waals surface area contributed by atoms with E-state index >= 15 is 0 Å². The number of nitrogens with zero attached hydrogens (tertiary/aromatic N) is 2. The Kier molecular flexibility index (Phi) is 3.97. The monoisotopic (exact) mass is 311 g/mol. The summed E-state index contributed by atoms with van der Waals surface area (Å²) >= 11 is 9.26. The van der Waals surface area contributed by atoms with Crippen LogP contribution >= 0.6 is 27.5 Å². The van der Waals surface area contributed by atoms with E-state index in [1.165, 1.54) is 6.33 Å². The van der Waals surface area contributed by atoms with Gasteiger partial charge in [-0.3, -0.25) is 0 Å². The van der Waals surface area contributed by atoms with Crippen LogP contribution in [0, 0.1) is 0 Å². The molecule has 3 nitrogen and oxygen atoms in total. The van der Waals surface area contributed by atoms with Gasteiger partial charge in [0.1, 0.15) is 16.7 Å². The number of nitrogens with one attached hydrogen (secondary N) is 1. The first-order valence-electron chi connectivity index (χ1n) is 5.14. The van der Waals surface area contributed by atoms with Gasteiger partial charge >= 0.3 is 0 Å².